The van der Waals surface area contributed by atoms with Gasteiger partial charge in [-0.3, -0.25) is 4.79 Å². The Kier molecular flexibility index (Phi) is 4.73. The van der Waals surface area contributed by atoms with E-state index in [0.29, 0.717) is 12.4 Å². The Morgan fingerprint density at radius 1 is 1.44 bits per heavy atom. The molecule has 4 nitrogen and oxygen atoms in total. The lowest BCUT2D eigenvalue weighted by molar-refractivity contribution is -0.168. The first-order chi connectivity index (χ1) is 8.74. The van der Waals surface area contributed by atoms with Crippen LogP contribution in [0, 0.1) is 0 Å². The van der Waals surface area contributed by atoms with Crippen LogP contribution in [-0.2, 0) is 20.9 Å². The molecule has 1 fully saturated rings. The van der Waals surface area contributed by atoms with Crippen LogP contribution in [0.2, 0.25) is 0 Å². The molecule has 0 amide bonds. The first kappa shape index (κ1) is 13.1. The molecule has 1 aromatic carbocycles. The molecule has 1 aliphatic heterocycles. The topological polar surface area (TPSA) is 44.8 Å². The summed E-state index contributed by atoms with van der Waals surface area (Å²) in [5, 5.41) is 0. The van der Waals surface area contributed by atoms with E-state index in [1.165, 1.54) is 6.92 Å². The number of rotatable bonds is 4. The summed E-state index contributed by atoms with van der Waals surface area (Å²) in [6.07, 6.45) is 3.11. The van der Waals surface area contributed by atoms with Gasteiger partial charge in [-0.05, 0) is 37.0 Å². The van der Waals surface area contributed by atoms with Gasteiger partial charge in [0.1, 0.15) is 5.75 Å². The van der Waals surface area contributed by atoms with Crippen LogP contribution in [0.1, 0.15) is 31.7 Å². The van der Waals surface area contributed by atoms with Crippen molar-refractivity contribution in [2.75, 3.05) is 6.61 Å². The molecule has 0 spiro atoms. The average Bonchev–Trinajstić information content (AvgIpc) is 2.37. The van der Waals surface area contributed by atoms with E-state index >= 15 is 0 Å². The number of carbonyl (C=O) groups excluding carboxylic acids is 1. The van der Waals surface area contributed by atoms with E-state index < -0.39 is 0 Å². The minimum atomic E-state index is -0.316. The van der Waals surface area contributed by atoms with Crippen LogP contribution in [0.25, 0.3) is 0 Å². The highest BCUT2D eigenvalue weighted by Crippen LogP contribution is 2.18. The molecule has 0 radical (unpaired) electrons. The van der Waals surface area contributed by atoms with Gasteiger partial charge in [0.25, 0.3) is 0 Å². The Morgan fingerprint density at radius 2 is 2.33 bits per heavy atom. The monoisotopic (exact) mass is 250 g/mol. The molecule has 98 valence electrons. The van der Waals surface area contributed by atoms with Gasteiger partial charge in [-0.25, -0.2) is 0 Å². The second kappa shape index (κ2) is 6.52. The second-order valence-corrected chi connectivity index (χ2v) is 4.35. The number of ether oxygens (including phenoxy) is 3. The molecule has 0 saturated carbocycles. The maximum Gasteiger partial charge on any atom is 0.308 e. The molecule has 4 heteroatoms. The third-order valence-corrected chi connectivity index (χ3v) is 2.73. The van der Waals surface area contributed by atoms with Gasteiger partial charge >= 0.3 is 5.97 Å². The molecular formula is C14H18O4. The molecule has 1 saturated heterocycles. The molecule has 1 aliphatic rings. The molecule has 2 rings (SSSR count). The van der Waals surface area contributed by atoms with Crippen molar-refractivity contribution in [2.24, 2.45) is 0 Å². The number of esters is 1. The number of carbonyl (C=O) groups is 1. The zero-order chi connectivity index (χ0) is 12.8. The van der Waals surface area contributed by atoms with Gasteiger partial charge in [-0.15, -0.1) is 0 Å². The van der Waals surface area contributed by atoms with E-state index in [2.05, 4.69) is 0 Å². The summed E-state index contributed by atoms with van der Waals surface area (Å²) >= 11 is 0. The van der Waals surface area contributed by atoms with E-state index in [1.807, 2.05) is 18.2 Å². The van der Waals surface area contributed by atoms with Crippen LogP contribution in [0.5, 0.6) is 5.75 Å². The Hall–Kier alpha value is -1.39. The molecule has 18 heavy (non-hydrogen) atoms. The number of benzene rings is 1. The summed E-state index contributed by atoms with van der Waals surface area (Å²) < 4.78 is 16.2. The molecule has 0 aromatic heterocycles. The largest absolute Gasteiger partial charge is 0.427 e. The third-order valence-electron chi connectivity index (χ3n) is 2.73. The molecule has 1 heterocycles. The molecule has 0 aliphatic carbocycles. The zero-order valence-electron chi connectivity index (χ0n) is 10.6. The number of hydrogen-bond acceptors (Lipinski definition) is 4. The lowest BCUT2D eigenvalue weighted by Gasteiger charge is -2.22. The summed E-state index contributed by atoms with van der Waals surface area (Å²) in [7, 11) is 0. The Labute approximate surface area is 107 Å². The average molecular weight is 250 g/mol. The smallest absolute Gasteiger partial charge is 0.308 e. The summed E-state index contributed by atoms with van der Waals surface area (Å²) in [5.74, 6) is 0.233. The third kappa shape index (κ3) is 4.13. The van der Waals surface area contributed by atoms with Crippen molar-refractivity contribution in [1.29, 1.82) is 0 Å². The van der Waals surface area contributed by atoms with Gasteiger partial charge in [-0.2, -0.15) is 0 Å². The van der Waals surface area contributed by atoms with Crippen molar-refractivity contribution < 1.29 is 19.0 Å². The van der Waals surface area contributed by atoms with Gasteiger partial charge in [-0.1, -0.05) is 12.1 Å². The predicted octanol–water partition coefficient (Wildman–Crippen LogP) is 2.66. The fourth-order valence-electron chi connectivity index (χ4n) is 1.90. The Balaban J connectivity index is 1.86. The van der Waals surface area contributed by atoms with Crippen molar-refractivity contribution in [3.8, 4) is 5.75 Å². The van der Waals surface area contributed by atoms with Crippen LogP contribution < -0.4 is 4.74 Å². The molecular weight excluding hydrogens is 232 g/mol. The van der Waals surface area contributed by atoms with Crippen LogP contribution in [0.3, 0.4) is 0 Å². The van der Waals surface area contributed by atoms with Crippen molar-refractivity contribution in [3.05, 3.63) is 29.8 Å². The van der Waals surface area contributed by atoms with Gasteiger partial charge in [0.05, 0.1) is 6.61 Å². The maximum absolute atomic E-state index is 10.9. The first-order valence-corrected chi connectivity index (χ1v) is 6.24. The summed E-state index contributed by atoms with van der Waals surface area (Å²) in [4.78, 5) is 10.9. The highest BCUT2D eigenvalue weighted by atomic mass is 16.7. The van der Waals surface area contributed by atoms with Gasteiger partial charge in [0.15, 0.2) is 6.29 Å². The van der Waals surface area contributed by atoms with Crippen molar-refractivity contribution >= 4 is 5.97 Å². The summed E-state index contributed by atoms with van der Waals surface area (Å²) in [6.45, 7) is 2.64. The quantitative estimate of drug-likeness (QED) is 0.608. The first-order valence-electron chi connectivity index (χ1n) is 6.24. The standard InChI is InChI=1S/C14H18O4/c1-11(15)18-13-6-4-5-12(9-13)10-17-14-7-2-3-8-16-14/h4-6,9,14H,2-3,7-8,10H2,1H3. The second-order valence-electron chi connectivity index (χ2n) is 4.35. The summed E-state index contributed by atoms with van der Waals surface area (Å²) in [5.41, 5.74) is 0.975. The predicted molar refractivity (Wildman–Crippen MR) is 66.1 cm³/mol. The van der Waals surface area contributed by atoms with Crippen molar-refractivity contribution in [3.63, 3.8) is 0 Å². The molecule has 1 unspecified atom stereocenters. The minimum Gasteiger partial charge on any atom is -0.427 e. The van der Waals surface area contributed by atoms with E-state index in [-0.39, 0.29) is 12.3 Å². The summed E-state index contributed by atoms with van der Waals surface area (Å²) in [6, 6.07) is 7.35. The fraction of sp³-hybridized carbons (Fsp3) is 0.500. The molecule has 0 N–H and O–H groups in total. The van der Waals surface area contributed by atoms with E-state index in [1.54, 1.807) is 6.07 Å². The minimum absolute atomic E-state index is 0.101. The van der Waals surface area contributed by atoms with E-state index in [9.17, 15) is 4.79 Å². The van der Waals surface area contributed by atoms with Gasteiger partial charge < -0.3 is 14.2 Å². The van der Waals surface area contributed by atoms with Crippen LogP contribution in [0.15, 0.2) is 24.3 Å². The van der Waals surface area contributed by atoms with Crippen molar-refractivity contribution in [2.45, 2.75) is 39.1 Å². The lowest BCUT2D eigenvalue weighted by Crippen LogP contribution is -2.22. The molecule has 0 bridgehead atoms. The zero-order valence-corrected chi connectivity index (χ0v) is 10.6. The maximum atomic E-state index is 10.9. The molecule has 1 aromatic rings. The van der Waals surface area contributed by atoms with Gasteiger partial charge in [0, 0.05) is 13.5 Å². The Morgan fingerprint density at radius 3 is 3.06 bits per heavy atom. The fourth-order valence-corrected chi connectivity index (χ4v) is 1.90. The van der Waals surface area contributed by atoms with Crippen molar-refractivity contribution in [1.82, 2.24) is 0 Å². The Bertz CT molecular complexity index is 397. The normalized spacial score (nSPS) is 19.5. The van der Waals surface area contributed by atoms with E-state index in [4.69, 9.17) is 14.2 Å². The highest BCUT2D eigenvalue weighted by molar-refractivity contribution is 5.69. The van der Waals surface area contributed by atoms with Crippen LogP contribution >= 0.6 is 0 Å². The van der Waals surface area contributed by atoms with E-state index in [0.717, 1.165) is 31.4 Å². The SMILES string of the molecule is CC(=O)Oc1cccc(COC2CCCCO2)c1. The van der Waals surface area contributed by atoms with Crippen LogP contribution in [-0.4, -0.2) is 18.9 Å². The van der Waals surface area contributed by atoms with Crippen LogP contribution in [0.4, 0.5) is 0 Å². The number of hydrogen-bond donors (Lipinski definition) is 0. The highest BCUT2D eigenvalue weighted by Gasteiger charge is 2.14. The van der Waals surface area contributed by atoms with Gasteiger partial charge in [0.2, 0.25) is 0 Å². The molecule has 1 atom stereocenters. The lowest BCUT2D eigenvalue weighted by atomic mass is 10.2.